The summed E-state index contributed by atoms with van der Waals surface area (Å²) in [6.45, 7) is 3.06. The van der Waals surface area contributed by atoms with E-state index < -0.39 is 0 Å². The van der Waals surface area contributed by atoms with Gasteiger partial charge in [-0.2, -0.15) is 0 Å². The normalized spacial score (nSPS) is 21.6. The molecule has 5 nitrogen and oxygen atoms in total. The molecule has 1 N–H and O–H groups in total. The zero-order valence-corrected chi connectivity index (χ0v) is 20.5. The Morgan fingerprint density at radius 1 is 0.941 bits per heavy atom. The Balaban J connectivity index is 1.34. The van der Waals surface area contributed by atoms with Crippen LogP contribution in [0.1, 0.15) is 88.7 Å². The summed E-state index contributed by atoms with van der Waals surface area (Å²) in [5.41, 5.74) is 0.901. The molecule has 5 heteroatoms. The Hall–Kier alpha value is -2.69. The van der Waals surface area contributed by atoms with Crippen LogP contribution >= 0.6 is 0 Å². The van der Waals surface area contributed by atoms with E-state index in [9.17, 15) is 4.79 Å². The van der Waals surface area contributed by atoms with Gasteiger partial charge in [0, 0.05) is 35.9 Å². The van der Waals surface area contributed by atoms with E-state index in [1.165, 1.54) is 38.5 Å². The summed E-state index contributed by atoms with van der Waals surface area (Å²) >= 11 is 0. The quantitative estimate of drug-likeness (QED) is 0.420. The average molecular weight is 459 g/mol. The van der Waals surface area contributed by atoms with E-state index in [1.54, 1.807) is 0 Å². The number of carbonyl (C=O) groups is 1. The zero-order chi connectivity index (χ0) is 23.3. The summed E-state index contributed by atoms with van der Waals surface area (Å²) < 4.78 is 2.32. The molecule has 0 saturated heterocycles. The lowest BCUT2D eigenvalue weighted by molar-refractivity contribution is -0.121. The van der Waals surface area contributed by atoms with Gasteiger partial charge in [-0.25, -0.2) is 0 Å². The lowest BCUT2D eigenvalue weighted by atomic mass is 9.78. The van der Waals surface area contributed by atoms with Crippen LogP contribution < -0.4 is 5.32 Å². The first-order valence-electron chi connectivity index (χ1n) is 13.4. The third-order valence-corrected chi connectivity index (χ3v) is 8.16. The van der Waals surface area contributed by atoms with Crippen molar-refractivity contribution < 1.29 is 4.79 Å². The molecule has 2 saturated carbocycles. The second-order valence-corrected chi connectivity index (χ2v) is 10.3. The smallest absolute Gasteiger partial charge is 0.228 e. The summed E-state index contributed by atoms with van der Waals surface area (Å²) in [6, 6.07) is 14.3. The van der Waals surface area contributed by atoms with Crippen molar-refractivity contribution in [2.75, 3.05) is 5.32 Å². The van der Waals surface area contributed by atoms with Gasteiger partial charge < -0.3 is 9.88 Å². The second-order valence-electron chi connectivity index (χ2n) is 10.3. The van der Waals surface area contributed by atoms with Gasteiger partial charge in [-0.1, -0.05) is 81.3 Å². The Morgan fingerprint density at radius 2 is 1.71 bits per heavy atom. The van der Waals surface area contributed by atoms with Gasteiger partial charge in [-0.3, -0.25) is 4.79 Å². The maximum Gasteiger partial charge on any atom is 0.228 e. The van der Waals surface area contributed by atoms with Crippen LogP contribution in [0.15, 0.2) is 42.5 Å². The van der Waals surface area contributed by atoms with E-state index in [2.05, 4.69) is 40.1 Å². The number of nitrogens with one attached hydrogen (secondary N) is 1. The minimum Gasteiger partial charge on any atom is -0.325 e. The highest BCUT2D eigenvalue weighted by Crippen LogP contribution is 2.39. The summed E-state index contributed by atoms with van der Waals surface area (Å²) in [5, 5.41) is 14.9. The molecule has 2 aliphatic carbocycles. The third-order valence-electron chi connectivity index (χ3n) is 8.16. The first kappa shape index (κ1) is 23.1. The fraction of sp³-hybridized carbons (Fsp3) is 0.552. The minimum atomic E-state index is -0.0617. The van der Waals surface area contributed by atoms with Crippen LogP contribution in [0.25, 0.3) is 10.8 Å². The molecule has 2 aliphatic rings. The van der Waals surface area contributed by atoms with Crippen LogP contribution in [-0.4, -0.2) is 20.7 Å². The number of hydrogen-bond acceptors (Lipinski definition) is 3. The highest BCUT2D eigenvalue weighted by molar-refractivity contribution is 6.03. The number of hydrogen-bond donors (Lipinski definition) is 1. The molecule has 3 aromatic rings. The number of rotatable bonds is 7. The van der Waals surface area contributed by atoms with Crippen molar-refractivity contribution in [2.45, 2.75) is 90.0 Å². The SMILES string of the molecule is CCn1c(CCC2CCCCC2)nnc1C1CCCC[C@@H]1C(=O)Nc1cccc2ccccc12. The molecular formula is C29H38N4O. The lowest BCUT2D eigenvalue weighted by Crippen LogP contribution is -2.32. The van der Waals surface area contributed by atoms with Crippen molar-refractivity contribution in [1.82, 2.24) is 14.8 Å². The Morgan fingerprint density at radius 3 is 2.56 bits per heavy atom. The summed E-state index contributed by atoms with van der Waals surface area (Å²) in [5.74, 6) is 3.18. The van der Waals surface area contributed by atoms with E-state index in [0.717, 1.165) is 72.7 Å². The number of aromatic nitrogens is 3. The van der Waals surface area contributed by atoms with Crippen molar-refractivity contribution >= 4 is 22.4 Å². The maximum atomic E-state index is 13.6. The molecule has 1 heterocycles. The second kappa shape index (κ2) is 10.7. The highest BCUT2D eigenvalue weighted by atomic mass is 16.1. The predicted octanol–water partition coefficient (Wildman–Crippen LogP) is 6.88. The number of benzene rings is 2. The van der Waals surface area contributed by atoms with Crippen molar-refractivity contribution in [2.24, 2.45) is 11.8 Å². The predicted molar refractivity (Wildman–Crippen MR) is 138 cm³/mol. The number of aryl methyl sites for hydroxylation is 1. The number of anilines is 1. The molecule has 0 spiro atoms. The van der Waals surface area contributed by atoms with Crippen LogP contribution in [0.4, 0.5) is 5.69 Å². The van der Waals surface area contributed by atoms with Crippen molar-refractivity contribution in [3.05, 3.63) is 54.1 Å². The summed E-state index contributed by atoms with van der Waals surface area (Å²) in [4.78, 5) is 13.6. The molecule has 1 amide bonds. The molecule has 2 atom stereocenters. The van der Waals surface area contributed by atoms with E-state index >= 15 is 0 Å². The van der Waals surface area contributed by atoms with Crippen molar-refractivity contribution in [3.63, 3.8) is 0 Å². The molecule has 0 bridgehead atoms. The van der Waals surface area contributed by atoms with E-state index in [1.807, 2.05) is 24.3 Å². The van der Waals surface area contributed by atoms with Gasteiger partial charge in [0.15, 0.2) is 0 Å². The number of fused-ring (bicyclic) bond motifs is 1. The van der Waals surface area contributed by atoms with Crippen LogP contribution in [0.5, 0.6) is 0 Å². The third kappa shape index (κ3) is 4.89. The molecule has 5 rings (SSSR count). The topological polar surface area (TPSA) is 59.8 Å². The first-order valence-corrected chi connectivity index (χ1v) is 13.4. The van der Waals surface area contributed by atoms with E-state index in [-0.39, 0.29) is 17.7 Å². The van der Waals surface area contributed by atoms with Gasteiger partial charge in [-0.05, 0) is 43.6 Å². The van der Waals surface area contributed by atoms with Gasteiger partial charge in [0.05, 0.1) is 0 Å². The van der Waals surface area contributed by atoms with Gasteiger partial charge in [0.25, 0.3) is 0 Å². The minimum absolute atomic E-state index is 0.0617. The van der Waals surface area contributed by atoms with Crippen molar-refractivity contribution in [1.29, 1.82) is 0 Å². The molecular weight excluding hydrogens is 420 g/mol. The van der Waals surface area contributed by atoms with Gasteiger partial charge >= 0.3 is 0 Å². The first-order chi connectivity index (χ1) is 16.7. The highest BCUT2D eigenvalue weighted by Gasteiger charge is 2.36. The molecule has 0 aliphatic heterocycles. The monoisotopic (exact) mass is 458 g/mol. The maximum absolute atomic E-state index is 13.6. The van der Waals surface area contributed by atoms with E-state index in [4.69, 9.17) is 5.10 Å². The molecule has 180 valence electrons. The summed E-state index contributed by atoms with van der Waals surface area (Å²) in [6.07, 6.45) is 13.3. The van der Waals surface area contributed by atoms with Crippen LogP contribution in [0, 0.1) is 11.8 Å². The van der Waals surface area contributed by atoms with Crippen molar-refractivity contribution in [3.8, 4) is 0 Å². The standard InChI is InChI=1S/C29H38N4O/c1-2-33-27(20-19-21-11-4-3-5-12-21)31-32-28(33)24-16-8-9-17-25(24)29(34)30-26-18-10-14-22-13-6-7-15-23(22)26/h6-7,10,13-15,18,21,24-25H,2-5,8-9,11-12,16-17,19-20H2,1H3,(H,30,34)/t24?,25-/m0/s1. The van der Waals surface area contributed by atoms with Crippen LogP contribution in [0.3, 0.4) is 0 Å². The van der Waals surface area contributed by atoms with E-state index in [0.29, 0.717) is 0 Å². The fourth-order valence-electron chi connectivity index (χ4n) is 6.28. The Kier molecular flexibility index (Phi) is 7.27. The largest absolute Gasteiger partial charge is 0.325 e. The zero-order valence-electron chi connectivity index (χ0n) is 20.5. The molecule has 1 unspecified atom stereocenters. The molecule has 0 radical (unpaired) electrons. The molecule has 1 aromatic heterocycles. The van der Waals surface area contributed by atoms with Crippen LogP contribution in [-0.2, 0) is 17.8 Å². The van der Waals surface area contributed by atoms with Gasteiger partial charge in [0.2, 0.25) is 5.91 Å². The Bertz CT molecular complexity index is 1110. The van der Waals surface area contributed by atoms with Gasteiger partial charge in [-0.15, -0.1) is 10.2 Å². The Labute approximate surface area is 203 Å². The number of carbonyl (C=O) groups excluding carboxylic acids is 1. The lowest BCUT2D eigenvalue weighted by Gasteiger charge is -2.30. The van der Waals surface area contributed by atoms with Crippen LogP contribution in [0.2, 0.25) is 0 Å². The molecule has 2 aromatic carbocycles. The number of nitrogens with zero attached hydrogens (tertiary/aromatic N) is 3. The molecule has 34 heavy (non-hydrogen) atoms. The molecule has 2 fully saturated rings. The number of amides is 1. The summed E-state index contributed by atoms with van der Waals surface area (Å²) in [7, 11) is 0. The average Bonchev–Trinajstić information content (AvgIpc) is 3.31. The van der Waals surface area contributed by atoms with Gasteiger partial charge in [0.1, 0.15) is 11.6 Å². The fourth-order valence-corrected chi connectivity index (χ4v) is 6.28.